The van der Waals surface area contributed by atoms with Gasteiger partial charge in [0.05, 0.1) is 21.6 Å². The number of fused-ring (bicyclic) bond motifs is 1. The molecule has 0 radical (unpaired) electrons. The Morgan fingerprint density at radius 2 is 2.04 bits per heavy atom. The van der Waals surface area contributed by atoms with Crippen LogP contribution in [0.1, 0.15) is 49.5 Å². The van der Waals surface area contributed by atoms with Crippen molar-refractivity contribution in [3.63, 3.8) is 0 Å². The highest BCUT2D eigenvalue weighted by Crippen LogP contribution is 2.43. The molecule has 2 aromatic rings. The van der Waals surface area contributed by atoms with Crippen molar-refractivity contribution in [1.29, 1.82) is 0 Å². The molecule has 2 aliphatic rings. The number of nitrogens with two attached hydrogens (primary N) is 1. The fraction of sp³-hybridized carbons (Fsp3) is 0.500. The van der Waals surface area contributed by atoms with E-state index < -0.39 is 17.2 Å². The van der Waals surface area contributed by atoms with Gasteiger partial charge in [0.1, 0.15) is 11.4 Å². The molecule has 2 heterocycles. The summed E-state index contributed by atoms with van der Waals surface area (Å²) < 4.78 is 16.8. The van der Waals surface area contributed by atoms with Crippen molar-refractivity contribution in [2.24, 2.45) is 11.7 Å². The molecule has 6 nitrogen and oxygen atoms in total. The van der Waals surface area contributed by atoms with Gasteiger partial charge in [0, 0.05) is 30.9 Å². The number of hydrogen-bond donors (Lipinski definition) is 2. The van der Waals surface area contributed by atoms with E-state index in [4.69, 9.17) is 17.3 Å². The first kappa shape index (κ1) is 19.2. The molecule has 1 aliphatic carbocycles. The molecule has 4 rings (SSSR count). The molecule has 1 saturated carbocycles. The predicted molar refractivity (Wildman–Crippen MR) is 107 cm³/mol. The zero-order valence-electron chi connectivity index (χ0n) is 15.8. The zero-order chi connectivity index (χ0) is 20.4. The number of halogens is 2. The number of pyridine rings is 1. The van der Waals surface area contributed by atoms with E-state index in [1.165, 1.54) is 6.20 Å². The van der Waals surface area contributed by atoms with Gasteiger partial charge >= 0.3 is 5.97 Å². The number of carboxylic acids is 1. The van der Waals surface area contributed by atoms with Crippen molar-refractivity contribution in [2.45, 2.75) is 44.7 Å². The summed E-state index contributed by atoms with van der Waals surface area (Å²) in [4.78, 5) is 26.0. The molecule has 1 atom stereocenters. The van der Waals surface area contributed by atoms with Crippen LogP contribution in [0.25, 0.3) is 10.9 Å². The second kappa shape index (κ2) is 6.46. The van der Waals surface area contributed by atoms with Gasteiger partial charge in [-0.2, -0.15) is 0 Å². The van der Waals surface area contributed by atoms with Crippen molar-refractivity contribution < 1.29 is 14.3 Å². The molecule has 1 aromatic heterocycles. The van der Waals surface area contributed by atoms with Gasteiger partial charge in [0.15, 0.2) is 0 Å². The monoisotopic (exact) mass is 407 g/mol. The van der Waals surface area contributed by atoms with E-state index in [1.807, 2.05) is 18.7 Å². The molecule has 28 heavy (non-hydrogen) atoms. The largest absolute Gasteiger partial charge is 0.477 e. The molecular formula is C20H23ClFN3O3. The Morgan fingerprint density at radius 3 is 2.57 bits per heavy atom. The fourth-order valence-corrected chi connectivity index (χ4v) is 4.49. The van der Waals surface area contributed by atoms with Gasteiger partial charge in [0.25, 0.3) is 0 Å². The average molecular weight is 408 g/mol. The highest BCUT2D eigenvalue weighted by Gasteiger charge is 2.35. The Labute approximate surface area is 166 Å². The summed E-state index contributed by atoms with van der Waals surface area (Å²) in [7, 11) is 0. The molecule has 1 aliphatic heterocycles. The van der Waals surface area contributed by atoms with E-state index in [0.29, 0.717) is 18.6 Å². The lowest BCUT2D eigenvalue weighted by molar-refractivity contribution is 0.0695. The molecule has 0 bridgehead atoms. The molecular weight excluding hydrogens is 385 g/mol. The minimum absolute atomic E-state index is 0.00736. The highest BCUT2D eigenvalue weighted by molar-refractivity contribution is 6.38. The topological polar surface area (TPSA) is 88.6 Å². The van der Waals surface area contributed by atoms with Crippen LogP contribution in [0.3, 0.4) is 0 Å². The van der Waals surface area contributed by atoms with Gasteiger partial charge in [-0.3, -0.25) is 4.79 Å². The average Bonchev–Trinajstić information content (AvgIpc) is 3.31. The van der Waals surface area contributed by atoms with Crippen molar-refractivity contribution in [3.05, 3.63) is 38.9 Å². The Kier molecular flexibility index (Phi) is 4.43. The molecule has 0 unspecified atom stereocenters. The first-order chi connectivity index (χ1) is 13.1. The smallest absolute Gasteiger partial charge is 0.341 e. The lowest BCUT2D eigenvalue weighted by atomic mass is 9.88. The zero-order valence-corrected chi connectivity index (χ0v) is 16.6. The Hall–Kier alpha value is -2.12. The second-order valence-corrected chi connectivity index (χ2v) is 8.86. The van der Waals surface area contributed by atoms with E-state index in [-0.39, 0.29) is 39.2 Å². The van der Waals surface area contributed by atoms with Crippen LogP contribution >= 0.6 is 11.6 Å². The van der Waals surface area contributed by atoms with Crippen molar-refractivity contribution in [1.82, 2.24) is 4.57 Å². The fourth-order valence-electron chi connectivity index (χ4n) is 4.09. The maximum Gasteiger partial charge on any atom is 0.341 e. The quantitative estimate of drug-likeness (QED) is 0.811. The van der Waals surface area contributed by atoms with Crippen LogP contribution in [0.4, 0.5) is 10.1 Å². The molecule has 2 fully saturated rings. The third kappa shape index (κ3) is 3.06. The Balaban J connectivity index is 1.91. The summed E-state index contributed by atoms with van der Waals surface area (Å²) in [5.74, 6) is -1.75. The van der Waals surface area contributed by atoms with E-state index >= 15 is 4.39 Å². The molecule has 0 spiro atoms. The number of rotatable bonds is 4. The number of benzene rings is 1. The van der Waals surface area contributed by atoms with Gasteiger partial charge in [0.2, 0.25) is 5.43 Å². The van der Waals surface area contributed by atoms with Gasteiger partial charge in [-0.15, -0.1) is 0 Å². The number of nitrogens with zero attached hydrogens (tertiary/aromatic N) is 2. The molecule has 150 valence electrons. The maximum absolute atomic E-state index is 15.1. The summed E-state index contributed by atoms with van der Waals surface area (Å²) in [5.41, 5.74) is 5.43. The number of aromatic nitrogens is 1. The van der Waals surface area contributed by atoms with Crippen LogP contribution < -0.4 is 16.1 Å². The summed E-state index contributed by atoms with van der Waals surface area (Å²) in [6.07, 6.45) is 3.90. The van der Waals surface area contributed by atoms with Crippen LogP contribution in [-0.2, 0) is 0 Å². The SMILES string of the molecule is CC(C)(N)[C@H]1CCN(c2c(F)cc3c(=O)c(C(=O)O)cn(C4CC4)c3c2Cl)C1. The molecule has 8 heteroatoms. The van der Waals surface area contributed by atoms with Gasteiger partial charge < -0.3 is 20.3 Å². The van der Waals surface area contributed by atoms with Crippen LogP contribution in [0.2, 0.25) is 5.02 Å². The van der Waals surface area contributed by atoms with Crippen molar-refractivity contribution in [2.75, 3.05) is 18.0 Å². The van der Waals surface area contributed by atoms with Crippen LogP contribution in [0.5, 0.6) is 0 Å². The number of hydrogen-bond acceptors (Lipinski definition) is 4. The second-order valence-electron chi connectivity index (χ2n) is 8.49. The van der Waals surface area contributed by atoms with Gasteiger partial charge in [-0.25, -0.2) is 9.18 Å². The predicted octanol–water partition coefficient (Wildman–Crippen LogP) is 3.39. The lowest BCUT2D eigenvalue weighted by Gasteiger charge is -2.28. The van der Waals surface area contributed by atoms with E-state index in [1.54, 1.807) is 4.57 Å². The summed E-state index contributed by atoms with van der Waals surface area (Å²) >= 11 is 6.65. The van der Waals surface area contributed by atoms with E-state index in [9.17, 15) is 14.7 Å². The van der Waals surface area contributed by atoms with E-state index in [0.717, 1.165) is 25.3 Å². The van der Waals surface area contributed by atoms with Gasteiger partial charge in [-0.1, -0.05) is 11.6 Å². The van der Waals surface area contributed by atoms with Crippen LogP contribution in [0.15, 0.2) is 17.1 Å². The molecule has 1 saturated heterocycles. The summed E-state index contributed by atoms with van der Waals surface area (Å²) in [6.45, 7) is 5.11. The maximum atomic E-state index is 15.1. The minimum atomic E-state index is -1.32. The Morgan fingerprint density at radius 1 is 1.36 bits per heavy atom. The van der Waals surface area contributed by atoms with Crippen LogP contribution in [0, 0.1) is 11.7 Å². The first-order valence-electron chi connectivity index (χ1n) is 9.43. The number of carbonyl (C=O) groups is 1. The molecule has 1 aromatic carbocycles. The summed E-state index contributed by atoms with van der Waals surface area (Å²) in [6, 6.07) is 1.21. The minimum Gasteiger partial charge on any atom is -0.477 e. The third-order valence-electron chi connectivity index (χ3n) is 5.91. The summed E-state index contributed by atoms with van der Waals surface area (Å²) in [5, 5.41) is 9.53. The van der Waals surface area contributed by atoms with E-state index in [2.05, 4.69) is 0 Å². The lowest BCUT2D eigenvalue weighted by Crippen LogP contribution is -2.42. The number of anilines is 1. The molecule has 3 N–H and O–H groups in total. The van der Waals surface area contributed by atoms with Crippen molar-refractivity contribution in [3.8, 4) is 0 Å². The standard InChI is InChI=1S/C20H23ClFN3O3/c1-20(2,23)10-5-6-24(8-10)17-14(22)7-12-16(15(17)21)25(11-3-4-11)9-13(18(12)26)19(27)28/h7,9-11H,3-6,8,23H2,1-2H3,(H,27,28)/t10-/m0/s1. The van der Waals surface area contributed by atoms with Crippen LogP contribution in [-0.4, -0.2) is 34.3 Å². The molecule has 0 amide bonds. The number of aromatic carboxylic acids is 1. The van der Waals surface area contributed by atoms with Gasteiger partial charge in [-0.05, 0) is 45.1 Å². The van der Waals surface area contributed by atoms with Crippen molar-refractivity contribution >= 4 is 34.2 Å². The Bertz CT molecular complexity index is 1040. The first-order valence-corrected chi connectivity index (χ1v) is 9.81. The number of carboxylic acid groups (broad SMARTS) is 1. The highest BCUT2D eigenvalue weighted by atomic mass is 35.5. The normalized spacial score (nSPS) is 20.2. The third-order valence-corrected chi connectivity index (χ3v) is 6.27.